The zero-order chi connectivity index (χ0) is 15.4. The first-order valence-corrected chi connectivity index (χ1v) is 8.76. The van der Waals surface area contributed by atoms with E-state index in [0.29, 0.717) is 13.2 Å². The average molecular weight is 321 g/mol. The van der Waals surface area contributed by atoms with Gasteiger partial charge < -0.3 is 14.4 Å². The van der Waals surface area contributed by atoms with E-state index in [1.807, 2.05) is 22.4 Å². The summed E-state index contributed by atoms with van der Waals surface area (Å²) in [6, 6.07) is 3.83. The van der Waals surface area contributed by atoms with Crippen LogP contribution in [0.15, 0.2) is 30.2 Å². The van der Waals surface area contributed by atoms with E-state index in [2.05, 4.69) is 6.58 Å². The predicted octanol–water partition coefficient (Wildman–Crippen LogP) is 2.96. The Labute approximate surface area is 135 Å². The maximum Gasteiger partial charge on any atom is 0.263 e. The number of fused-ring (bicyclic) bond motifs is 1. The van der Waals surface area contributed by atoms with Gasteiger partial charge in [0.1, 0.15) is 0 Å². The Morgan fingerprint density at radius 2 is 2.55 bits per heavy atom. The maximum atomic E-state index is 12.6. The smallest absolute Gasteiger partial charge is 0.263 e. The molecule has 2 atom stereocenters. The van der Waals surface area contributed by atoms with Crippen molar-refractivity contribution in [2.75, 3.05) is 32.9 Å². The molecule has 2 saturated heterocycles. The molecule has 1 aromatic heterocycles. The molecule has 0 aromatic carbocycles. The van der Waals surface area contributed by atoms with Crippen LogP contribution in [0.25, 0.3) is 0 Å². The molecule has 0 radical (unpaired) electrons. The van der Waals surface area contributed by atoms with Gasteiger partial charge in [-0.15, -0.1) is 17.9 Å². The van der Waals surface area contributed by atoms with Crippen LogP contribution in [0, 0.1) is 5.41 Å². The lowest BCUT2D eigenvalue weighted by atomic mass is 9.73. The van der Waals surface area contributed by atoms with Crippen molar-refractivity contribution in [3.8, 4) is 0 Å². The molecular weight excluding hydrogens is 298 g/mol. The van der Waals surface area contributed by atoms with Crippen LogP contribution in [-0.4, -0.2) is 49.8 Å². The van der Waals surface area contributed by atoms with Crippen molar-refractivity contribution in [2.45, 2.75) is 25.4 Å². The lowest BCUT2D eigenvalue weighted by molar-refractivity contribution is -0.144. The molecule has 3 heterocycles. The van der Waals surface area contributed by atoms with Crippen molar-refractivity contribution in [3.63, 3.8) is 0 Å². The minimum absolute atomic E-state index is 0.0631. The molecule has 1 aromatic rings. The third-order valence-corrected chi connectivity index (χ3v) is 5.49. The van der Waals surface area contributed by atoms with Crippen LogP contribution >= 0.6 is 11.3 Å². The summed E-state index contributed by atoms with van der Waals surface area (Å²) >= 11 is 1.51. The van der Waals surface area contributed by atoms with E-state index in [1.54, 1.807) is 6.08 Å². The molecule has 120 valence electrons. The summed E-state index contributed by atoms with van der Waals surface area (Å²) in [7, 11) is 0. The first-order chi connectivity index (χ1) is 10.7. The van der Waals surface area contributed by atoms with Crippen molar-refractivity contribution in [3.05, 3.63) is 35.0 Å². The van der Waals surface area contributed by atoms with Gasteiger partial charge in [-0.25, -0.2) is 0 Å². The second-order valence-electron chi connectivity index (χ2n) is 6.12. The van der Waals surface area contributed by atoms with Crippen molar-refractivity contribution in [1.29, 1.82) is 0 Å². The van der Waals surface area contributed by atoms with Crippen LogP contribution in [0.1, 0.15) is 28.9 Å². The number of thiophene rings is 1. The summed E-state index contributed by atoms with van der Waals surface area (Å²) in [4.78, 5) is 15.4. The molecule has 0 unspecified atom stereocenters. The zero-order valence-electron chi connectivity index (χ0n) is 12.8. The molecule has 22 heavy (non-hydrogen) atoms. The van der Waals surface area contributed by atoms with Crippen LogP contribution in [-0.2, 0) is 9.47 Å². The SMILES string of the molecule is C=CCOC[C@]12CCCO[C@H]1CCN(C(=O)c1cccs1)C2. The summed E-state index contributed by atoms with van der Waals surface area (Å²) in [5, 5.41) is 1.95. The van der Waals surface area contributed by atoms with Gasteiger partial charge in [0.2, 0.25) is 0 Å². The van der Waals surface area contributed by atoms with Crippen molar-refractivity contribution in [2.24, 2.45) is 5.41 Å². The predicted molar refractivity (Wildman–Crippen MR) is 87.3 cm³/mol. The highest BCUT2D eigenvalue weighted by molar-refractivity contribution is 7.12. The van der Waals surface area contributed by atoms with Gasteiger partial charge in [-0.1, -0.05) is 12.1 Å². The molecule has 5 heteroatoms. The molecule has 0 bridgehead atoms. The number of piperidine rings is 1. The summed E-state index contributed by atoms with van der Waals surface area (Å²) < 4.78 is 11.8. The molecule has 0 spiro atoms. The van der Waals surface area contributed by atoms with E-state index in [4.69, 9.17) is 9.47 Å². The van der Waals surface area contributed by atoms with Crippen LogP contribution in [0.2, 0.25) is 0 Å². The monoisotopic (exact) mass is 321 g/mol. The highest BCUT2D eigenvalue weighted by atomic mass is 32.1. The summed E-state index contributed by atoms with van der Waals surface area (Å²) in [5.41, 5.74) is -0.0631. The molecule has 0 aliphatic carbocycles. The molecule has 0 N–H and O–H groups in total. The molecule has 2 fully saturated rings. The number of amides is 1. The average Bonchev–Trinajstić information content (AvgIpc) is 3.08. The Morgan fingerprint density at radius 3 is 3.32 bits per heavy atom. The Morgan fingerprint density at radius 1 is 1.64 bits per heavy atom. The quantitative estimate of drug-likeness (QED) is 0.618. The number of carbonyl (C=O) groups is 1. The highest BCUT2D eigenvalue weighted by Crippen LogP contribution is 2.41. The van der Waals surface area contributed by atoms with E-state index >= 15 is 0 Å². The Hall–Kier alpha value is -1.17. The van der Waals surface area contributed by atoms with Gasteiger partial charge in [-0.3, -0.25) is 4.79 Å². The lowest BCUT2D eigenvalue weighted by Gasteiger charge is -2.50. The van der Waals surface area contributed by atoms with Crippen LogP contribution < -0.4 is 0 Å². The first kappa shape index (κ1) is 15.7. The van der Waals surface area contributed by atoms with Gasteiger partial charge in [0.25, 0.3) is 5.91 Å². The fraction of sp³-hybridized carbons (Fsp3) is 0.588. The fourth-order valence-electron chi connectivity index (χ4n) is 3.58. The number of nitrogens with zero attached hydrogens (tertiary/aromatic N) is 1. The van der Waals surface area contributed by atoms with Crippen molar-refractivity contribution in [1.82, 2.24) is 4.90 Å². The summed E-state index contributed by atoms with van der Waals surface area (Å²) in [6.07, 6.45) is 4.97. The third-order valence-electron chi connectivity index (χ3n) is 4.63. The molecule has 2 aliphatic rings. The van der Waals surface area contributed by atoms with Gasteiger partial charge >= 0.3 is 0 Å². The number of carbonyl (C=O) groups excluding carboxylic acids is 1. The van der Waals surface area contributed by atoms with Crippen LogP contribution in [0.3, 0.4) is 0 Å². The van der Waals surface area contributed by atoms with E-state index in [0.717, 1.165) is 43.8 Å². The van der Waals surface area contributed by atoms with Gasteiger partial charge in [-0.05, 0) is 30.7 Å². The molecule has 0 saturated carbocycles. The summed E-state index contributed by atoms with van der Waals surface area (Å²) in [6.45, 7) is 7.21. The number of likely N-dealkylation sites (tertiary alicyclic amines) is 1. The highest BCUT2D eigenvalue weighted by Gasteiger charge is 2.47. The van der Waals surface area contributed by atoms with E-state index in [1.165, 1.54) is 11.3 Å². The summed E-state index contributed by atoms with van der Waals surface area (Å²) in [5.74, 6) is 0.141. The van der Waals surface area contributed by atoms with E-state index < -0.39 is 0 Å². The van der Waals surface area contributed by atoms with Crippen LogP contribution in [0.5, 0.6) is 0 Å². The number of rotatable bonds is 5. The number of hydrogen-bond acceptors (Lipinski definition) is 4. The number of ether oxygens (including phenoxy) is 2. The first-order valence-electron chi connectivity index (χ1n) is 7.88. The minimum atomic E-state index is -0.0631. The largest absolute Gasteiger partial charge is 0.377 e. The standard InChI is InChI=1S/C17H23NO3S/c1-2-9-20-13-17-7-4-10-21-15(17)6-8-18(12-17)16(19)14-5-3-11-22-14/h2-3,5,11,15H,1,4,6-10,12-13H2/t15-,17+/m0/s1. The Balaban J connectivity index is 1.74. The topological polar surface area (TPSA) is 38.8 Å². The van der Waals surface area contributed by atoms with Crippen molar-refractivity contribution >= 4 is 17.2 Å². The zero-order valence-corrected chi connectivity index (χ0v) is 13.6. The van der Waals surface area contributed by atoms with E-state index in [-0.39, 0.29) is 17.4 Å². The molecular formula is C17H23NO3S. The second kappa shape index (κ2) is 6.94. The normalized spacial score (nSPS) is 28.2. The van der Waals surface area contributed by atoms with Crippen molar-refractivity contribution < 1.29 is 14.3 Å². The van der Waals surface area contributed by atoms with Gasteiger partial charge in [0.05, 0.1) is 24.2 Å². The molecule has 3 rings (SSSR count). The minimum Gasteiger partial charge on any atom is -0.377 e. The fourth-order valence-corrected chi connectivity index (χ4v) is 4.27. The van der Waals surface area contributed by atoms with E-state index in [9.17, 15) is 4.79 Å². The Kier molecular flexibility index (Phi) is 4.96. The Bertz CT molecular complexity index is 516. The second-order valence-corrected chi connectivity index (χ2v) is 7.07. The number of hydrogen-bond donors (Lipinski definition) is 0. The molecule has 1 amide bonds. The van der Waals surface area contributed by atoms with Gasteiger partial charge in [0, 0.05) is 25.1 Å². The maximum absolute atomic E-state index is 12.6. The van der Waals surface area contributed by atoms with Gasteiger partial charge in [0.15, 0.2) is 0 Å². The van der Waals surface area contributed by atoms with Gasteiger partial charge in [-0.2, -0.15) is 0 Å². The lowest BCUT2D eigenvalue weighted by Crippen LogP contribution is -2.58. The molecule has 2 aliphatic heterocycles. The van der Waals surface area contributed by atoms with Crippen LogP contribution in [0.4, 0.5) is 0 Å². The molecule has 4 nitrogen and oxygen atoms in total. The third kappa shape index (κ3) is 3.12.